The molecule has 0 radical (unpaired) electrons. The molecule has 0 amide bonds. The van der Waals surface area contributed by atoms with Crippen molar-refractivity contribution in [2.24, 2.45) is 20.7 Å². The van der Waals surface area contributed by atoms with Crippen LogP contribution < -0.4 is 5.73 Å². The number of aliphatic hydroxyl groups excluding tert-OH is 2. The molecule has 3 rings (SSSR count). The summed E-state index contributed by atoms with van der Waals surface area (Å²) in [6.07, 6.45) is -4.14. The van der Waals surface area contributed by atoms with Crippen molar-refractivity contribution in [2.45, 2.75) is 43.7 Å². The lowest BCUT2D eigenvalue weighted by Crippen LogP contribution is -2.50. The van der Waals surface area contributed by atoms with E-state index in [4.69, 9.17) is 15.6 Å². The minimum absolute atomic E-state index is 0.104. The van der Waals surface area contributed by atoms with E-state index in [1.54, 1.807) is 6.92 Å². The standard InChI is InChI=1S/C11H16FN5O3/c1-4-7-9(16-11(13)15-4)17(3-14-7)10-6(12)8(19)5(2-18)20-10/h3,5-10,18-19H,2H2,1H3,(H2,13,16). The SMILES string of the molecule is CC1=NC(N)=NC2C1N=CN2C1OC(CO)C(O)C1F. The van der Waals surface area contributed by atoms with Crippen LogP contribution in [0.5, 0.6) is 0 Å². The van der Waals surface area contributed by atoms with Crippen molar-refractivity contribution in [3.63, 3.8) is 0 Å². The van der Waals surface area contributed by atoms with E-state index in [2.05, 4.69) is 15.0 Å². The van der Waals surface area contributed by atoms with Gasteiger partial charge in [0.25, 0.3) is 0 Å². The van der Waals surface area contributed by atoms with Crippen molar-refractivity contribution in [1.29, 1.82) is 0 Å². The number of guanidine groups is 1. The highest BCUT2D eigenvalue weighted by atomic mass is 19.1. The van der Waals surface area contributed by atoms with E-state index in [9.17, 15) is 9.50 Å². The van der Waals surface area contributed by atoms with Gasteiger partial charge in [-0.1, -0.05) is 0 Å². The van der Waals surface area contributed by atoms with E-state index in [1.165, 1.54) is 11.2 Å². The van der Waals surface area contributed by atoms with Crippen LogP contribution in [0.2, 0.25) is 0 Å². The fourth-order valence-electron chi connectivity index (χ4n) is 2.64. The number of halogens is 1. The molecule has 8 nitrogen and oxygen atoms in total. The van der Waals surface area contributed by atoms with Gasteiger partial charge in [-0.05, 0) is 6.92 Å². The molecule has 3 aliphatic rings. The first-order chi connectivity index (χ1) is 9.52. The summed E-state index contributed by atoms with van der Waals surface area (Å²) in [5.41, 5.74) is 6.30. The van der Waals surface area contributed by atoms with Crippen LogP contribution >= 0.6 is 0 Å². The third kappa shape index (κ3) is 1.89. The number of nitrogens with two attached hydrogens (primary N) is 1. The van der Waals surface area contributed by atoms with Crippen LogP contribution in [-0.2, 0) is 4.74 Å². The molecule has 6 unspecified atom stereocenters. The summed E-state index contributed by atoms with van der Waals surface area (Å²) in [4.78, 5) is 13.9. The summed E-state index contributed by atoms with van der Waals surface area (Å²) in [7, 11) is 0. The predicted octanol–water partition coefficient (Wildman–Crippen LogP) is -1.77. The molecule has 3 heterocycles. The summed E-state index contributed by atoms with van der Waals surface area (Å²) in [5, 5.41) is 18.7. The van der Waals surface area contributed by atoms with Gasteiger partial charge in [-0.2, -0.15) is 0 Å². The van der Waals surface area contributed by atoms with E-state index in [0.29, 0.717) is 5.71 Å². The average Bonchev–Trinajstić information content (AvgIpc) is 2.93. The lowest BCUT2D eigenvalue weighted by Gasteiger charge is -2.31. The molecule has 1 fully saturated rings. The van der Waals surface area contributed by atoms with E-state index < -0.39 is 37.4 Å². The van der Waals surface area contributed by atoms with Gasteiger partial charge in [0, 0.05) is 5.71 Å². The number of hydrogen-bond donors (Lipinski definition) is 3. The Bertz CT molecular complexity index is 496. The van der Waals surface area contributed by atoms with Crippen LogP contribution in [0.25, 0.3) is 0 Å². The quantitative estimate of drug-likeness (QED) is 0.555. The number of fused-ring (bicyclic) bond motifs is 1. The Morgan fingerprint density at radius 3 is 2.95 bits per heavy atom. The highest BCUT2D eigenvalue weighted by molar-refractivity contribution is 6.02. The van der Waals surface area contributed by atoms with Crippen molar-refractivity contribution in [3.05, 3.63) is 0 Å². The number of rotatable bonds is 2. The van der Waals surface area contributed by atoms with E-state index >= 15 is 0 Å². The molecule has 110 valence electrons. The lowest BCUT2D eigenvalue weighted by atomic mass is 10.1. The van der Waals surface area contributed by atoms with Gasteiger partial charge in [-0.25, -0.2) is 14.4 Å². The van der Waals surface area contributed by atoms with Crippen LogP contribution in [0.4, 0.5) is 4.39 Å². The monoisotopic (exact) mass is 285 g/mol. The topological polar surface area (TPSA) is 116 Å². The van der Waals surface area contributed by atoms with Gasteiger partial charge in [0.15, 0.2) is 18.6 Å². The zero-order chi connectivity index (χ0) is 14.4. The smallest absolute Gasteiger partial charge is 0.217 e. The van der Waals surface area contributed by atoms with Crippen molar-refractivity contribution in [2.75, 3.05) is 6.61 Å². The Balaban J connectivity index is 1.83. The molecular weight excluding hydrogens is 269 g/mol. The molecule has 0 bridgehead atoms. The van der Waals surface area contributed by atoms with Crippen LogP contribution in [0.1, 0.15) is 6.92 Å². The first-order valence-corrected chi connectivity index (χ1v) is 6.30. The van der Waals surface area contributed by atoms with Gasteiger partial charge in [0.1, 0.15) is 18.2 Å². The Morgan fingerprint density at radius 2 is 2.30 bits per heavy atom. The molecule has 0 spiro atoms. The summed E-state index contributed by atoms with van der Waals surface area (Å²) in [5.74, 6) is 0.104. The highest BCUT2D eigenvalue weighted by Crippen LogP contribution is 2.31. The van der Waals surface area contributed by atoms with E-state index in [-0.39, 0.29) is 12.0 Å². The molecule has 9 heteroatoms. The fourth-order valence-corrected chi connectivity index (χ4v) is 2.64. The molecule has 1 saturated heterocycles. The third-order valence-electron chi connectivity index (χ3n) is 3.70. The number of nitrogens with zero attached hydrogens (tertiary/aromatic N) is 4. The van der Waals surface area contributed by atoms with Crippen LogP contribution in [0.15, 0.2) is 15.0 Å². The maximum absolute atomic E-state index is 14.1. The van der Waals surface area contributed by atoms with Gasteiger partial charge < -0.3 is 25.6 Å². The molecule has 0 aromatic rings. The molecule has 0 aliphatic carbocycles. The summed E-state index contributed by atoms with van der Waals surface area (Å²) in [6, 6.07) is -0.330. The Kier molecular flexibility index (Phi) is 3.19. The second-order valence-electron chi connectivity index (χ2n) is 4.99. The van der Waals surface area contributed by atoms with Crippen molar-refractivity contribution >= 4 is 18.0 Å². The van der Waals surface area contributed by atoms with Gasteiger partial charge in [0.05, 0.1) is 12.9 Å². The molecule has 20 heavy (non-hydrogen) atoms. The maximum Gasteiger partial charge on any atom is 0.217 e. The number of aliphatic imine (C=N–C) groups is 3. The van der Waals surface area contributed by atoms with Crippen molar-refractivity contribution < 1.29 is 19.3 Å². The lowest BCUT2D eigenvalue weighted by molar-refractivity contribution is -0.0692. The molecule has 0 aromatic carbocycles. The molecular formula is C11H16FN5O3. The normalized spacial score (nSPS) is 43.5. The number of aliphatic hydroxyl groups is 2. The van der Waals surface area contributed by atoms with Crippen LogP contribution in [0, 0.1) is 0 Å². The largest absolute Gasteiger partial charge is 0.394 e. The molecule has 6 atom stereocenters. The molecule has 3 aliphatic heterocycles. The van der Waals surface area contributed by atoms with E-state index in [1.807, 2.05) is 0 Å². The highest BCUT2D eigenvalue weighted by Gasteiger charge is 2.50. The van der Waals surface area contributed by atoms with Crippen molar-refractivity contribution in [1.82, 2.24) is 4.90 Å². The number of ether oxygens (including phenoxy) is 1. The first-order valence-electron chi connectivity index (χ1n) is 6.30. The minimum atomic E-state index is -1.66. The van der Waals surface area contributed by atoms with Gasteiger partial charge in [0.2, 0.25) is 5.96 Å². The fraction of sp³-hybridized carbons (Fsp3) is 0.727. The molecule has 0 saturated carbocycles. The Morgan fingerprint density at radius 1 is 1.55 bits per heavy atom. The molecule has 4 N–H and O–H groups in total. The summed E-state index contributed by atoms with van der Waals surface area (Å²) < 4.78 is 19.5. The van der Waals surface area contributed by atoms with Crippen LogP contribution in [-0.4, -0.2) is 76.5 Å². The minimum Gasteiger partial charge on any atom is -0.394 e. The number of alkyl halides is 1. The Hall–Kier alpha value is -1.58. The van der Waals surface area contributed by atoms with Gasteiger partial charge >= 0.3 is 0 Å². The number of hydrogen-bond acceptors (Lipinski definition) is 8. The molecule has 0 aromatic heterocycles. The third-order valence-corrected chi connectivity index (χ3v) is 3.70. The summed E-state index contributed by atoms with van der Waals surface area (Å²) >= 11 is 0. The maximum atomic E-state index is 14.1. The second kappa shape index (κ2) is 4.76. The van der Waals surface area contributed by atoms with Crippen LogP contribution in [0.3, 0.4) is 0 Å². The zero-order valence-corrected chi connectivity index (χ0v) is 10.8. The first kappa shape index (κ1) is 13.4. The predicted molar refractivity (Wildman–Crippen MR) is 69.3 cm³/mol. The second-order valence-corrected chi connectivity index (χ2v) is 4.99. The van der Waals surface area contributed by atoms with Gasteiger partial charge in [-0.15, -0.1) is 0 Å². The average molecular weight is 285 g/mol. The Labute approximate surface area is 114 Å². The van der Waals surface area contributed by atoms with Crippen molar-refractivity contribution in [3.8, 4) is 0 Å². The van der Waals surface area contributed by atoms with E-state index in [0.717, 1.165) is 0 Å². The summed E-state index contributed by atoms with van der Waals surface area (Å²) in [6.45, 7) is 1.32. The van der Waals surface area contributed by atoms with Gasteiger partial charge in [-0.3, -0.25) is 4.99 Å². The zero-order valence-electron chi connectivity index (χ0n) is 10.8.